The lowest BCUT2D eigenvalue weighted by Gasteiger charge is -2.25. The Labute approximate surface area is 121 Å². The maximum absolute atomic E-state index is 12.2. The molecule has 0 fully saturated rings. The van der Waals surface area contributed by atoms with E-state index in [0.717, 1.165) is 11.3 Å². The van der Waals surface area contributed by atoms with Crippen LogP contribution >= 0.6 is 0 Å². The summed E-state index contributed by atoms with van der Waals surface area (Å²) >= 11 is 0. The molecule has 7 heteroatoms. The van der Waals surface area contributed by atoms with Gasteiger partial charge in [0.05, 0.1) is 12.5 Å². The standard InChI is InChI=1S/C14H17N3O4/c18-12(16-8-13(19)20)7-17-14(21)10-5-6-15-11-4-2-1-3-9(10)11/h1-4,10,15H,5-8H2,(H,16,18)(H,17,21)(H,19,20). The number of carbonyl (C=O) groups is 3. The Morgan fingerprint density at radius 1 is 1.19 bits per heavy atom. The maximum atomic E-state index is 12.2. The molecule has 21 heavy (non-hydrogen) atoms. The first kappa shape index (κ1) is 14.8. The van der Waals surface area contributed by atoms with E-state index < -0.39 is 18.4 Å². The van der Waals surface area contributed by atoms with Crippen LogP contribution in [-0.2, 0) is 14.4 Å². The van der Waals surface area contributed by atoms with Gasteiger partial charge in [-0.15, -0.1) is 0 Å². The highest BCUT2D eigenvalue weighted by atomic mass is 16.4. The van der Waals surface area contributed by atoms with Gasteiger partial charge in [0.1, 0.15) is 6.54 Å². The van der Waals surface area contributed by atoms with E-state index in [1.165, 1.54) is 0 Å². The number of carboxylic acid groups (broad SMARTS) is 1. The van der Waals surface area contributed by atoms with Gasteiger partial charge in [-0.05, 0) is 18.1 Å². The summed E-state index contributed by atoms with van der Waals surface area (Å²) in [5.41, 5.74) is 1.84. The minimum absolute atomic E-state index is 0.224. The normalized spacial score (nSPS) is 16.3. The van der Waals surface area contributed by atoms with Crippen molar-refractivity contribution in [2.45, 2.75) is 12.3 Å². The van der Waals surface area contributed by atoms with Crippen molar-refractivity contribution in [1.82, 2.24) is 10.6 Å². The van der Waals surface area contributed by atoms with Crippen LogP contribution in [0.3, 0.4) is 0 Å². The summed E-state index contributed by atoms with van der Waals surface area (Å²) in [6, 6.07) is 7.56. The van der Waals surface area contributed by atoms with E-state index in [-0.39, 0.29) is 18.4 Å². The fourth-order valence-electron chi connectivity index (χ4n) is 2.27. The van der Waals surface area contributed by atoms with E-state index >= 15 is 0 Å². The van der Waals surface area contributed by atoms with Gasteiger partial charge in [0, 0.05) is 12.2 Å². The molecule has 1 aromatic carbocycles. The maximum Gasteiger partial charge on any atom is 0.322 e. The van der Waals surface area contributed by atoms with Gasteiger partial charge in [0.2, 0.25) is 11.8 Å². The molecule has 0 aliphatic carbocycles. The van der Waals surface area contributed by atoms with Crippen LogP contribution in [0.15, 0.2) is 24.3 Å². The van der Waals surface area contributed by atoms with E-state index in [0.29, 0.717) is 13.0 Å². The molecule has 0 spiro atoms. The largest absolute Gasteiger partial charge is 0.480 e. The summed E-state index contributed by atoms with van der Waals surface area (Å²) in [4.78, 5) is 33.9. The molecule has 1 heterocycles. The summed E-state index contributed by atoms with van der Waals surface area (Å²) in [7, 11) is 0. The first-order valence-electron chi connectivity index (χ1n) is 6.67. The number of rotatable bonds is 5. The summed E-state index contributed by atoms with van der Waals surface area (Å²) < 4.78 is 0. The zero-order valence-electron chi connectivity index (χ0n) is 11.4. The third kappa shape index (κ3) is 3.95. The van der Waals surface area contributed by atoms with Gasteiger partial charge in [-0.1, -0.05) is 18.2 Å². The number of anilines is 1. The lowest BCUT2D eigenvalue weighted by Crippen LogP contribution is -2.41. The predicted molar refractivity (Wildman–Crippen MR) is 75.9 cm³/mol. The molecule has 0 saturated heterocycles. The molecule has 112 valence electrons. The first-order valence-corrected chi connectivity index (χ1v) is 6.67. The minimum atomic E-state index is -1.12. The Morgan fingerprint density at radius 3 is 2.71 bits per heavy atom. The Bertz CT molecular complexity index is 559. The van der Waals surface area contributed by atoms with E-state index in [1.807, 2.05) is 24.3 Å². The number of para-hydroxylation sites is 1. The van der Waals surface area contributed by atoms with Crippen LogP contribution in [0.1, 0.15) is 17.9 Å². The number of hydrogen-bond donors (Lipinski definition) is 4. The van der Waals surface area contributed by atoms with Crippen LogP contribution in [0.2, 0.25) is 0 Å². The SMILES string of the molecule is O=C(O)CNC(=O)CNC(=O)C1CCNc2ccccc21. The molecule has 1 aliphatic heterocycles. The first-order chi connectivity index (χ1) is 10.1. The second-order valence-corrected chi connectivity index (χ2v) is 4.74. The van der Waals surface area contributed by atoms with Crippen LogP contribution in [0, 0.1) is 0 Å². The molecule has 1 unspecified atom stereocenters. The molecule has 0 bridgehead atoms. The number of amides is 2. The monoisotopic (exact) mass is 291 g/mol. The highest BCUT2D eigenvalue weighted by molar-refractivity contribution is 5.90. The third-order valence-electron chi connectivity index (χ3n) is 3.26. The van der Waals surface area contributed by atoms with Crippen LogP contribution in [0.4, 0.5) is 5.69 Å². The average molecular weight is 291 g/mol. The van der Waals surface area contributed by atoms with Gasteiger partial charge in [-0.25, -0.2) is 0 Å². The lowest BCUT2D eigenvalue weighted by molar-refractivity contribution is -0.137. The molecule has 0 aromatic heterocycles. The molecule has 7 nitrogen and oxygen atoms in total. The topological polar surface area (TPSA) is 108 Å². The Morgan fingerprint density at radius 2 is 1.95 bits per heavy atom. The zero-order chi connectivity index (χ0) is 15.2. The zero-order valence-corrected chi connectivity index (χ0v) is 11.4. The molecular weight excluding hydrogens is 274 g/mol. The van der Waals surface area contributed by atoms with Crippen molar-refractivity contribution >= 4 is 23.5 Å². The lowest BCUT2D eigenvalue weighted by atomic mass is 9.90. The van der Waals surface area contributed by atoms with Crippen molar-refractivity contribution in [3.05, 3.63) is 29.8 Å². The molecule has 1 aliphatic rings. The third-order valence-corrected chi connectivity index (χ3v) is 3.26. The number of benzene rings is 1. The van der Waals surface area contributed by atoms with Gasteiger partial charge in [-0.3, -0.25) is 14.4 Å². The molecule has 0 saturated carbocycles. The van der Waals surface area contributed by atoms with Gasteiger partial charge >= 0.3 is 5.97 Å². The minimum Gasteiger partial charge on any atom is -0.480 e. The van der Waals surface area contributed by atoms with Crippen LogP contribution in [0.25, 0.3) is 0 Å². The van der Waals surface area contributed by atoms with Gasteiger partial charge < -0.3 is 21.1 Å². The summed E-state index contributed by atoms with van der Waals surface area (Å²) in [6.45, 7) is 0.0173. The highest BCUT2D eigenvalue weighted by Crippen LogP contribution is 2.31. The van der Waals surface area contributed by atoms with Gasteiger partial charge in [-0.2, -0.15) is 0 Å². The number of fused-ring (bicyclic) bond motifs is 1. The fraction of sp³-hybridized carbons (Fsp3) is 0.357. The van der Waals surface area contributed by atoms with E-state index in [4.69, 9.17) is 5.11 Å². The predicted octanol–water partition coefficient (Wildman–Crippen LogP) is -0.0972. The number of carbonyl (C=O) groups excluding carboxylic acids is 2. The molecular formula is C14H17N3O4. The second kappa shape index (κ2) is 6.74. The van der Waals surface area contributed by atoms with Crippen LogP contribution in [-0.4, -0.2) is 42.5 Å². The Balaban J connectivity index is 1.90. The molecule has 2 rings (SSSR count). The summed E-state index contributed by atoms with van der Waals surface area (Å²) in [6.07, 6.45) is 0.652. The van der Waals surface area contributed by atoms with Gasteiger partial charge in [0.25, 0.3) is 0 Å². The van der Waals surface area contributed by atoms with Crippen LogP contribution in [0.5, 0.6) is 0 Å². The average Bonchev–Trinajstić information content (AvgIpc) is 2.50. The van der Waals surface area contributed by atoms with Crippen molar-refractivity contribution in [2.75, 3.05) is 25.0 Å². The van der Waals surface area contributed by atoms with Crippen molar-refractivity contribution in [3.63, 3.8) is 0 Å². The van der Waals surface area contributed by atoms with E-state index in [1.54, 1.807) is 0 Å². The molecule has 4 N–H and O–H groups in total. The molecule has 2 amide bonds. The quantitative estimate of drug-likeness (QED) is 0.606. The fourth-order valence-corrected chi connectivity index (χ4v) is 2.27. The van der Waals surface area contributed by atoms with Crippen molar-refractivity contribution in [3.8, 4) is 0 Å². The Hall–Kier alpha value is -2.57. The molecule has 1 atom stereocenters. The number of aliphatic carboxylic acids is 1. The van der Waals surface area contributed by atoms with Crippen molar-refractivity contribution in [2.24, 2.45) is 0 Å². The van der Waals surface area contributed by atoms with E-state index in [9.17, 15) is 14.4 Å². The van der Waals surface area contributed by atoms with Crippen molar-refractivity contribution in [1.29, 1.82) is 0 Å². The number of hydrogen-bond acceptors (Lipinski definition) is 4. The molecule has 0 radical (unpaired) electrons. The Kier molecular flexibility index (Phi) is 4.76. The summed E-state index contributed by atoms with van der Waals surface area (Å²) in [5, 5.41) is 16.4. The summed E-state index contributed by atoms with van der Waals surface area (Å²) in [5.74, 6) is -2.17. The van der Waals surface area contributed by atoms with Gasteiger partial charge in [0.15, 0.2) is 0 Å². The highest BCUT2D eigenvalue weighted by Gasteiger charge is 2.26. The van der Waals surface area contributed by atoms with E-state index in [2.05, 4.69) is 16.0 Å². The van der Waals surface area contributed by atoms with Crippen LogP contribution < -0.4 is 16.0 Å². The number of nitrogens with one attached hydrogen (secondary N) is 3. The van der Waals surface area contributed by atoms with Crippen molar-refractivity contribution < 1.29 is 19.5 Å². The smallest absolute Gasteiger partial charge is 0.322 e. The number of carboxylic acids is 1. The molecule has 1 aromatic rings. The second-order valence-electron chi connectivity index (χ2n) is 4.74.